The van der Waals surface area contributed by atoms with E-state index in [1.807, 2.05) is 14.1 Å². The van der Waals surface area contributed by atoms with Gasteiger partial charge in [-0.05, 0) is 30.1 Å². The normalized spacial score (nSPS) is 60.7. The second-order valence-electron chi connectivity index (χ2n) is 6.16. The Morgan fingerprint density at radius 1 is 0.889 bits per heavy atom. The Kier molecular flexibility index (Phi) is 2.68. The molecule has 0 saturated heterocycles. The van der Waals surface area contributed by atoms with Crippen molar-refractivity contribution < 1.29 is 12.7 Å². The molecule has 18 heavy (non-hydrogen) atoms. The van der Waals surface area contributed by atoms with E-state index in [0.29, 0.717) is 12.7 Å². The Bertz CT molecular complexity index is 420. The molecule has 0 aromatic rings. The fourth-order valence-electron chi connectivity index (χ4n) is 6.46. The minimum atomic E-state index is 0.569. The first-order valence-corrected chi connectivity index (χ1v) is 9.27. The molecule has 0 spiro atoms. The van der Waals surface area contributed by atoms with E-state index in [9.17, 15) is 0 Å². The first-order chi connectivity index (χ1) is 8.79. The van der Waals surface area contributed by atoms with Gasteiger partial charge in [-0.3, -0.25) is 9.98 Å². The topological polar surface area (TPSA) is 24.7 Å². The Hall–Kier alpha value is 0.414. The molecular formula is C13H16Cl2N2Ni. The van der Waals surface area contributed by atoms with Crippen LogP contribution in [0.2, 0.25) is 0 Å². The number of halogens is 2. The van der Waals surface area contributed by atoms with E-state index in [0.717, 1.165) is 47.3 Å². The van der Waals surface area contributed by atoms with Crippen LogP contribution < -0.4 is 0 Å². The van der Waals surface area contributed by atoms with Crippen molar-refractivity contribution in [2.75, 3.05) is 14.1 Å². The van der Waals surface area contributed by atoms with Crippen LogP contribution >= 0.6 is 20.4 Å². The molecule has 5 fully saturated rings. The van der Waals surface area contributed by atoms with E-state index in [1.54, 1.807) is 11.4 Å². The fraction of sp³-hybridized carbons (Fsp3) is 0.846. The van der Waals surface area contributed by atoms with Crippen LogP contribution in [0, 0.1) is 47.3 Å². The van der Waals surface area contributed by atoms with E-state index < -0.39 is 0 Å². The summed E-state index contributed by atoms with van der Waals surface area (Å²) in [6, 6.07) is 0. The van der Waals surface area contributed by atoms with Crippen molar-refractivity contribution in [2.45, 2.75) is 6.42 Å². The van der Waals surface area contributed by atoms with Crippen molar-refractivity contribution in [3.63, 3.8) is 0 Å². The monoisotopic (exact) mass is 328 g/mol. The average molecular weight is 330 g/mol. The van der Waals surface area contributed by atoms with Gasteiger partial charge in [-0.1, -0.05) is 0 Å². The fourth-order valence-corrected chi connectivity index (χ4v) is 6.46. The Morgan fingerprint density at radius 3 is 1.61 bits per heavy atom. The van der Waals surface area contributed by atoms with Crippen LogP contribution in [0.5, 0.6) is 0 Å². The molecule has 2 nitrogen and oxygen atoms in total. The van der Waals surface area contributed by atoms with Crippen LogP contribution in [0.4, 0.5) is 0 Å². The van der Waals surface area contributed by atoms with Crippen molar-refractivity contribution >= 4 is 31.8 Å². The quantitative estimate of drug-likeness (QED) is 0.611. The molecular weight excluding hydrogens is 314 g/mol. The molecule has 5 heteroatoms. The van der Waals surface area contributed by atoms with Gasteiger partial charge in [0.25, 0.3) is 0 Å². The predicted molar refractivity (Wildman–Crippen MR) is 71.0 cm³/mol. The van der Waals surface area contributed by atoms with Crippen molar-refractivity contribution in [1.82, 2.24) is 0 Å². The van der Waals surface area contributed by atoms with Gasteiger partial charge in [-0.25, -0.2) is 0 Å². The van der Waals surface area contributed by atoms with Crippen LogP contribution in [-0.4, -0.2) is 25.5 Å². The van der Waals surface area contributed by atoms with Crippen LogP contribution in [0.25, 0.3) is 0 Å². The second kappa shape index (κ2) is 3.96. The van der Waals surface area contributed by atoms with Crippen LogP contribution in [-0.2, 0) is 12.7 Å². The van der Waals surface area contributed by atoms with Gasteiger partial charge >= 0.3 is 33.0 Å². The molecule has 0 aromatic carbocycles. The molecule has 5 saturated carbocycles. The SMILES string of the molecule is CN=C1C2C3CC4C2C(=NC)C2C1C3C42.[Cl][Ni][Cl]. The molecule has 2 bridgehead atoms. The molecule has 5 aliphatic carbocycles. The summed E-state index contributed by atoms with van der Waals surface area (Å²) in [5.74, 6) is 7.48. The molecule has 8 unspecified atom stereocenters. The van der Waals surface area contributed by atoms with Crippen LogP contribution in [0.15, 0.2) is 9.98 Å². The van der Waals surface area contributed by atoms with Crippen LogP contribution in [0.1, 0.15) is 6.42 Å². The summed E-state index contributed by atoms with van der Waals surface area (Å²) < 4.78 is 0. The molecule has 0 aliphatic heterocycles. The van der Waals surface area contributed by atoms with Crippen molar-refractivity contribution in [1.29, 1.82) is 0 Å². The summed E-state index contributed by atoms with van der Waals surface area (Å²) in [7, 11) is 13.4. The van der Waals surface area contributed by atoms with E-state index in [2.05, 4.69) is 9.98 Å². The van der Waals surface area contributed by atoms with Gasteiger partial charge in [0.15, 0.2) is 0 Å². The molecule has 0 radical (unpaired) electrons. The van der Waals surface area contributed by atoms with Crippen LogP contribution in [0.3, 0.4) is 0 Å². The molecule has 102 valence electrons. The number of rotatable bonds is 0. The van der Waals surface area contributed by atoms with Crippen molar-refractivity contribution in [3.05, 3.63) is 0 Å². The summed E-state index contributed by atoms with van der Waals surface area (Å²) in [6.07, 6.45) is 1.51. The van der Waals surface area contributed by atoms with E-state index in [1.165, 1.54) is 6.42 Å². The number of hydrogen-bond acceptors (Lipinski definition) is 2. The zero-order valence-electron chi connectivity index (χ0n) is 10.3. The van der Waals surface area contributed by atoms with E-state index >= 15 is 0 Å². The third-order valence-electron chi connectivity index (χ3n) is 6.39. The second-order valence-corrected chi connectivity index (χ2v) is 7.79. The molecule has 0 N–H and O–H groups in total. The zero-order chi connectivity index (χ0) is 12.6. The Labute approximate surface area is 122 Å². The Balaban J connectivity index is 0.000000272. The molecule has 5 rings (SSSR count). The number of fused-ring (bicyclic) bond motifs is 2. The first kappa shape index (κ1) is 12.2. The summed E-state index contributed by atoms with van der Waals surface area (Å²) in [5.41, 5.74) is 3.20. The first-order valence-electron chi connectivity index (χ1n) is 6.55. The molecule has 5 aliphatic rings. The predicted octanol–water partition coefficient (Wildman–Crippen LogP) is 2.89. The van der Waals surface area contributed by atoms with Gasteiger partial charge in [0.2, 0.25) is 0 Å². The summed E-state index contributed by atoms with van der Waals surface area (Å²) in [4.78, 5) is 9.27. The van der Waals surface area contributed by atoms with Gasteiger partial charge in [-0.15, -0.1) is 0 Å². The average Bonchev–Trinajstić information content (AvgIpc) is 2.86. The molecule has 0 heterocycles. The maximum absolute atomic E-state index is 4.70. The molecule has 8 atom stereocenters. The van der Waals surface area contributed by atoms with Crippen molar-refractivity contribution in [2.24, 2.45) is 57.3 Å². The zero-order valence-corrected chi connectivity index (χ0v) is 12.8. The molecule has 0 amide bonds. The minimum absolute atomic E-state index is 0.569. The Morgan fingerprint density at radius 2 is 1.28 bits per heavy atom. The summed E-state index contributed by atoms with van der Waals surface area (Å²) in [6.45, 7) is 0. The number of nitrogens with zero attached hydrogens (tertiary/aromatic N) is 2. The van der Waals surface area contributed by atoms with Gasteiger partial charge in [0.1, 0.15) is 0 Å². The maximum atomic E-state index is 4.70. The van der Waals surface area contributed by atoms with Gasteiger partial charge in [0.05, 0.1) is 0 Å². The number of aliphatic imine (C=N–C) groups is 2. The third kappa shape index (κ3) is 1.07. The number of hydrogen-bond donors (Lipinski definition) is 0. The van der Waals surface area contributed by atoms with E-state index in [4.69, 9.17) is 20.4 Å². The summed E-state index contributed by atoms with van der Waals surface area (Å²) >= 11 is 0.569. The standard InChI is InChI=1S/C13H16N2.2ClH.Ni/c1-14-12-8-4-3-5-7-6(4)10(12)11(7)13(15-2)9(5)8;;;/h4-11H,3H2,1-2H3;2*1H;/q;;;+2/p-2. The van der Waals surface area contributed by atoms with Gasteiger partial charge < -0.3 is 0 Å². The van der Waals surface area contributed by atoms with Crippen molar-refractivity contribution in [3.8, 4) is 0 Å². The molecule has 0 aromatic heterocycles. The summed E-state index contributed by atoms with van der Waals surface area (Å²) in [5, 5.41) is 0. The van der Waals surface area contributed by atoms with Gasteiger partial charge in [0, 0.05) is 49.2 Å². The van der Waals surface area contributed by atoms with Gasteiger partial charge in [-0.2, -0.15) is 0 Å². The van der Waals surface area contributed by atoms with E-state index in [-0.39, 0.29) is 0 Å². The third-order valence-corrected chi connectivity index (χ3v) is 6.39.